The minimum atomic E-state index is -0.482. The first-order chi connectivity index (χ1) is 10.1. The number of benzene rings is 1. The first-order valence-electron chi connectivity index (χ1n) is 6.34. The van der Waals surface area contributed by atoms with Gasteiger partial charge in [-0.2, -0.15) is 10.4 Å². The highest BCUT2D eigenvalue weighted by atomic mass is 16.5. The summed E-state index contributed by atoms with van der Waals surface area (Å²) in [5.74, 6) is -0.632. The van der Waals surface area contributed by atoms with Gasteiger partial charge in [-0.15, -0.1) is 0 Å². The first kappa shape index (κ1) is 14.5. The number of aromatic nitrogens is 2. The first-order valence-corrected chi connectivity index (χ1v) is 6.34. The molecule has 1 aromatic carbocycles. The maximum absolute atomic E-state index is 11.7. The standard InChI is InChI=1S/C15H13N3O3/c1-3-21-15(20)12-8-17-18(9-12)14-6-11(7-16)4-5-13(14)10(2)19/h4-6,8-9H,3H2,1-2H3. The highest BCUT2D eigenvalue weighted by Crippen LogP contribution is 2.18. The van der Waals surface area contributed by atoms with E-state index in [1.807, 2.05) is 6.07 Å². The van der Waals surface area contributed by atoms with Gasteiger partial charge in [0.15, 0.2) is 5.78 Å². The highest BCUT2D eigenvalue weighted by molar-refractivity contribution is 5.98. The lowest BCUT2D eigenvalue weighted by Crippen LogP contribution is -2.05. The largest absolute Gasteiger partial charge is 0.462 e. The van der Waals surface area contributed by atoms with Crippen molar-refractivity contribution in [1.29, 1.82) is 5.26 Å². The van der Waals surface area contributed by atoms with Crippen molar-refractivity contribution in [3.8, 4) is 11.8 Å². The van der Waals surface area contributed by atoms with E-state index in [1.54, 1.807) is 25.1 Å². The van der Waals surface area contributed by atoms with Gasteiger partial charge in [0.1, 0.15) is 0 Å². The van der Waals surface area contributed by atoms with E-state index in [1.165, 1.54) is 24.0 Å². The SMILES string of the molecule is CCOC(=O)c1cnn(-c2cc(C#N)ccc2C(C)=O)c1. The molecule has 0 aliphatic heterocycles. The lowest BCUT2D eigenvalue weighted by molar-refractivity contribution is 0.0526. The van der Waals surface area contributed by atoms with E-state index in [4.69, 9.17) is 10.00 Å². The van der Waals surface area contributed by atoms with Gasteiger partial charge in [0.05, 0.1) is 35.7 Å². The summed E-state index contributed by atoms with van der Waals surface area (Å²) in [7, 11) is 0. The second kappa shape index (κ2) is 6.01. The topological polar surface area (TPSA) is 85.0 Å². The molecule has 0 N–H and O–H groups in total. The van der Waals surface area contributed by atoms with Gasteiger partial charge in [-0.1, -0.05) is 0 Å². The van der Waals surface area contributed by atoms with Crippen molar-refractivity contribution in [2.24, 2.45) is 0 Å². The van der Waals surface area contributed by atoms with Crippen molar-refractivity contribution in [1.82, 2.24) is 9.78 Å². The summed E-state index contributed by atoms with van der Waals surface area (Å²) in [4.78, 5) is 23.3. The van der Waals surface area contributed by atoms with Crippen molar-refractivity contribution >= 4 is 11.8 Å². The van der Waals surface area contributed by atoms with Crippen molar-refractivity contribution in [3.05, 3.63) is 47.3 Å². The molecular weight excluding hydrogens is 270 g/mol. The normalized spacial score (nSPS) is 9.95. The number of nitrogens with zero attached hydrogens (tertiary/aromatic N) is 3. The van der Waals surface area contributed by atoms with Crippen LogP contribution in [0.2, 0.25) is 0 Å². The molecule has 0 saturated carbocycles. The summed E-state index contributed by atoms with van der Waals surface area (Å²) in [6.45, 7) is 3.42. The number of esters is 1. The number of hydrogen-bond acceptors (Lipinski definition) is 5. The van der Waals surface area contributed by atoms with E-state index in [9.17, 15) is 9.59 Å². The van der Waals surface area contributed by atoms with Crippen LogP contribution in [0.1, 0.15) is 40.1 Å². The van der Waals surface area contributed by atoms with Crippen molar-refractivity contribution in [3.63, 3.8) is 0 Å². The van der Waals surface area contributed by atoms with Crippen LogP contribution in [0.25, 0.3) is 5.69 Å². The third kappa shape index (κ3) is 2.98. The number of ether oxygens (including phenoxy) is 1. The molecule has 0 radical (unpaired) electrons. The number of rotatable bonds is 4. The Morgan fingerprint density at radius 2 is 2.19 bits per heavy atom. The van der Waals surface area contributed by atoms with Crippen LogP contribution >= 0.6 is 0 Å². The number of hydrogen-bond donors (Lipinski definition) is 0. The van der Waals surface area contributed by atoms with E-state index in [0.717, 1.165) is 0 Å². The molecule has 1 heterocycles. The number of ketones is 1. The molecule has 6 heteroatoms. The second-order valence-electron chi connectivity index (χ2n) is 4.29. The number of carbonyl (C=O) groups is 2. The number of carbonyl (C=O) groups excluding carboxylic acids is 2. The fourth-order valence-electron chi connectivity index (χ4n) is 1.86. The third-order valence-electron chi connectivity index (χ3n) is 2.85. The third-order valence-corrected chi connectivity index (χ3v) is 2.85. The van der Waals surface area contributed by atoms with Crippen LogP contribution in [0.3, 0.4) is 0 Å². The van der Waals surface area contributed by atoms with E-state index in [2.05, 4.69) is 5.10 Å². The summed E-state index contributed by atoms with van der Waals surface area (Å²) in [6.07, 6.45) is 2.84. The number of nitriles is 1. The Morgan fingerprint density at radius 1 is 1.43 bits per heavy atom. The molecule has 21 heavy (non-hydrogen) atoms. The van der Waals surface area contributed by atoms with Gasteiger partial charge in [-0.3, -0.25) is 4.79 Å². The zero-order valence-electron chi connectivity index (χ0n) is 11.7. The fraction of sp³-hybridized carbons (Fsp3) is 0.200. The molecule has 0 fully saturated rings. The average Bonchev–Trinajstić information content (AvgIpc) is 2.96. The summed E-state index contributed by atoms with van der Waals surface area (Å²) >= 11 is 0. The van der Waals surface area contributed by atoms with Crippen molar-refractivity contribution in [2.45, 2.75) is 13.8 Å². The van der Waals surface area contributed by atoms with Crippen LogP contribution in [0, 0.1) is 11.3 Å². The summed E-state index contributed by atoms with van der Waals surface area (Å²) < 4.78 is 6.28. The minimum absolute atomic E-state index is 0.150. The fourth-order valence-corrected chi connectivity index (χ4v) is 1.86. The zero-order chi connectivity index (χ0) is 15.4. The van der Waals surface area contributed by atoms with Crippen LogP contribution in [0.5, 0.6) is 0 Å². The monoisotopic (exact) mass is 283 g/mol. The molecule has 2 rings (SSSR count). The summed E-state index contributed by atoms with van der Waals surface area (Å²) in [6, 6.07) is 6.70. The highest BCUT2D eigenvalue weighted by Gasteiger charge is 2.14. The molecule has 0 unspecified atom stereocenters. The molecule has 0 bridgehead atoms. The summed E-state index contributed by atoms with van der Waals surface area (Å²) in [5.41, 5.74) is 1.57. The molecule has 1 aromatic heterocycles. The molecule has 2 aromatic rings. The lowest BCUT2D eigenvalue weighted by atomic mass is 10.1. The Kier molecular flexibility index (Phi) is 4.14. The molecule has 0 amide bonds. The van der Waals surface area contributed by atoms with Gasteiger partial charge in [0.2, 0.25) is 0 Å². The van der Waals surface area contributed by atoms with Gasteiger partial charge < -0.3 is 4.74 Å². The molecule has 0 aliphatic carbocycles. The van der Waals surface area contributed by atoms with E-state index in [-0.39, 0.29) is 18.0 Å². The van der Waals surface area contributed by atoms with Gasteiger partial charge in [-0.25, -0.2) is 9.48 Å². The molecule has 0 spiro atoms. The molecule has 0 aliphatic rings. The number of Topliss-reactive ketones (excluding diaryl/α,β-unsaturated/α-hetero) is 1. The van der Waals surface area contributed by atoms with Gasteiger partial charge in [0.25, 0.3) is 0 Å². The average molecular weight is 283 g/mol. The zero-order valence-corrected chi connectivity index (χ0v) is 11.7. The maximum Gasteiger partial charge on any atom is 0.341 e. The Balaban J connectivity index is 2.48. The minimum Gasteiger partial charge on any atom is -0.462 e. The molecule has 0 saturated heterocycles. The molecule has 0 atom stereocenters. The Bertz CT molecular complexity index is 741. The smallest absolute Gasteiger partial charge is 0.341 e. The summed E-state index contributed by atoms with van der Waals surface area (Å²) in [5, 5.41) is 13.0. The molecule has 6 nitrogen and oxygen atoms in total. The Labute approximate surface area is 121 Å². The van der Waals surface area contributed by atoms with Gasteiger partial charge in [-0.05, 0) is 32.0 Å². The van der Waals surface area contributed by atoms with Crippen LogP contribution in [0.15, 0.2) is 30.6 Å². The van der Waals surface area contributed by atoms with Crippen LogP contribution in [0.4, 0.5) is 0 Å². The predicted octanol–water partition coefficient (Wildman–Crippen LogP) is 2.12. The predicted molar refractivity (Wildman–Crippen MR) is 74.2 cm³/mol. The van der Waals surface area contributed by atoms with Crippen molar-refractivity contribution in [2.75, 3.05) is 6.61 Å². The van der Waals surface area contributed by atoms with Crippen LogP contribution < -0.4 is 0 Å². The van der Waals surface area contributed by atoms with E-state index >= 15 is 0 Å². The van der Waals surface area contributed by atoms with Crippen LogP contribution in [-0.4, -0.2) is 28.1 Å². The quantitative estimate of drug-likeness (QED) is 0.633. The lowest BCUT2D eigenvalue weighted by Gasteiger charge is -2.07. The van der Waals surface area contributed by atoms with Crippen LogP contribution in [-0.2, 0) is 4.74 Å². The van der Waals surface area contributed by atoms with Gasteiger partial charge in [0, 0.05) is 11.8 Å². The van der Waals surface area contributed by atoms with E-state index in [0.29, 0.717) is 16.8 Å². The Hall–Kier alpha value is -2.94. The van der Waals surface area contributed by atoms with Crippen molar-refractivity contribution < 1.29 is 14.3 Å². The molecular formula is C15H13N3O3. The maximum atomic E-state index is 11.7. The van der Waals surface area contributed by atoms with E-state index < -0.39 is 5.97 Å². The molecule has 106 valence electrons. The second-order valence-corrected chi connectivity index (χ2v) is 4.29. The Morgan fingerprint density at radius 3 is 2.81 bits per heavy atom. The van der Waals surface area contributed by atoms with Gasteiger partial charge >= 0.3 is 5.97 Å².